The van der Waals surface area contributed by atoms with Crippen LogP contribution in [0, 0.1) is 0 Å². The van der Waals surface area contributed by atoms with Crippen LogP contribution in [0.3, 0.4) is 0 Å². The Labute approximate surface area is 73.6 Å². The van der Waals surface area contributed by atoms with Crippen LogP contribution >= 0.6 is 0 Å². The number of hydrogen-bond donors (Lipinski definition) is 0. The van der Waals surface area contributed by atoms with E-state index < -0.39 is 0 Å². The van der Waals surface area contributed by atoms with E-state index >= 15 is 0 Å². The third kappa shape index (κ3) is 2.66. The molecule has 3 heteroatoms. The van der Waals surface area contributed by atoms with Crippen LogP contribution in [-0.4, -0.2) is 49.4 Å². The molecular formula is C9H16N2O. The van der Waals surface area contributed by atoms with Crippen molar-refractivity contribution >= 4 is 5.91 Å². The maximum Gasteiger partial charge on any atom is 0.236 e. The molecule has 0 aliphatic carbocycles. The lowest BCUT2D eigenvalue weighted by molar-refractivity contribution is -0.129. The van der Waals surface area contributed by atoms with Crippen LogP contribution in [0.1, 0.15) is 6.42 Å². The second-order valence-corrected chi connectivity index (χ2v) is 3.28. The Hall–Kier alpha value is -0.830. The highest BCUT2D eigenvalue weighted by Gasteiger charge is 2.11. The van der Waals surface area contributed by atoms with Gasteiger partial charge in [-0.15, -0.1) is 0 Å². The van der Waals surface area contributed by atoms with E-state index in [1.165, 1.54) is 0 Å². The largest absolute Gasteiger partial charge is 0.348 e. The molecule has 0 atom stereocenters. The highest BCUT2D eigenvalue weighted by atomic mass is 16.2. The Balaban J connectivity index is 2.31. The van der Waals surface area contributed by atoms with Crippen LogP contribution in [0.5, 0.6) is 0 Å². The molecule has 0 radical (unpaired) electrons. The summed E-state index contributed by atoms with van der Waals surface area (Å²) in [5.74, 6) is 0.185. The lowest BCUT2D eigenvalue weighted by Gasteiger charge is -2.23. The van der Waals surface area contributed by atoms with E-state index in [9.17, 15) is 4.79 Å². The van der Waals surface area contributed by atoms with Crippen molar-refractivity contribution in [3.63, 3.8) is 0 Å². The molecule has 0 aromatic carbocycles. The van der Waals surface area contributed by atoms with Crippen LogP contribution in [0.4, 0.5) is 0 Å². The van der Waals surface area contributed by atoms with E-state index in [1.54, 1.807) is 19.0 Å². The van der Waals surface area contributed by atoms with Gasteiger partial charge in [-0.3, -0.25) is 9.69 Å². The summed E-state index contributed by atoms with van der Waals surface area (Å²) in [5.41, 5.74) is 0. The van der Waals surface area contributed by atoms with Gasteiger partial charge in [0.05, 0.1) is 6.54 Å². The van der Waals surface area contributed by atoms with E-state index in [0.29, 0.717) is 6.54 Å². The first-order valence-electron chi connectivity index (χ1n) is 4.27. The second kappa shape index (κ2) is 4.26. The van der Waals surface area contributed by atoms with Crippen LogP contribution in [0.15, 0.2) is 12.2 Å². The zero-order valence-electron chi connectivity index (χ0n) is 7.79. The van der Waals surface area contributed by atoms with Gasteiger partial charge in [0.15, 0.2) is 0 Å². The molecule has 3 nitrogen and oxygen atoms in total. The molecule has 68 valence electrons. The fourth-order valence-corrected chi connectivity index (χ4v) is 1.17. The average Bonchev–Trinajstić information content (AvgIpc) is 2.06. The normalized spacial score (nSPS) is 17.8. The fraction of sp³-hybridized carbons (Fsp3) is 0.667. The summed E-state index contributed by atoms with van der Waals surface area (Å²) in [4.78, 5) is 15.1. The molecule has 0 aromatic rings. The molecule has 1 aliphatic rings. The molecule has 1 amide bonds. The molecule has 0 saturated heterocycles. The van der Waals surface area contributed by atoms with Crippen molar-refractivity contribution in [2.45, 2.75) is 6.42 Å². The van der Waals surface area contributed by atoms with Crippen molar-refractivity contribution in [1.82, 2.24) is 9.80 Å². The van der Waals surface area contributed by atoms with E-state index in [2.05, 4.69) is 17.1 Å². The first-order chi connectivity index (χ1) is 5.70. The summed E-state index contributed by atoms with van der Waals surface area (Å²) in [6, 6.07) is 0. The minimum atomic E-state index is 0.185. The first kappa shape index (κ1) is 9.26. The van der Waals surface area contributed by atoms with Gasteiger partial charge in [0.25, 0.3) is 0 Å². The summed E-state index contributed by atoms with van der Waals surface area (Å²) in [6.45, 7) is 2.48. The molecule has 1 heterocycles. The average molecular weight is 168 g/mol. The fourth-order valence-electron chi connectivity index (χ4n) is 1.17. The van der Waals surface area contributed by atoms with Crippen LogP contribution in [0.2, 0.25) is 0 Å². The monoisotopic (exact) mass is 168 g/mol. The lowest BCUT2D eigenvalue weighted by Crippen LogP contribution is -2.38. The molecule has 1 aliphatic heterocycles. The molecule has 0 bridgehead atoms. The third-order valence-electron chi connectivity index (χ3n) is 2.00. The number of carbonyl (C=O) groups is 1. The molecule has 0 fully saturated rings. The van der Waals surface area contributed by atoms with E-state index in [0.717, 1.165) is 19.5 Å². The van der Waals surface area contributed by atoms with E-state index in [4.69, 9.17) is 0 Å². The van der Waals surface area contributed by atoms with Gasteiger partial charge in [-0.25, -0.2) is 0 Å². The Kier molecular flexibility index (Phi) is 3.29. The highest BCUT2D eigenvalue weighted by molar-refractivity contribution is 5.77. The topological polar surface area (TPSA) is 23.6 Å². The zero-order chi connectivity index (χ0) is 8.97. The third-order valence-corrected chi connectivity index (χ3v) is 2.00. The molecule has 0 aromatic heterocycles. The number of nitrogens with zero attached hydrogens (tertiary/aromatic N) is 2. The number of hydrogen-bond acceptors (Lipinski definition) is 2. The molecule has 0 unspecified atom stereocenters. The summed E-state index contributed by atoms with van der Waals surface area (Å²) < 4.78 is 0. The van der Waals surface area contributed by atoms with Gasteiger partial charge in [0, 0.05) is 27.2 Å². The second-order valence-electron chi connectivity index (χ2n) is 3.28. The van der Waals surface area contributed by atoms with E-state index in [1.807, 2.05) is 0 Å². The summed E-state index contributed by atoms with van der Waals surface area (Å²) in [7, 11) is 3.59. The molecule has 0 N–H and O–H groups in total. The Morgan fingerprint density at radius 3 is 2.75 bits per heavy atom. The van der Waals surface area contributed by atoms with Gasteiger partial charge in [-0.2, -0.15) is 0 Å². The van der Waals surface area contributed by atoms with Crippen molar-refractivity contribution in [3.8, 4) is 0 Å². The number of likely N-dealkylation sites (N-methyl/N-ethyl adjacent to an activating group) is 1. The summed E-state index contributed by atoms with van der Waals surface area (Å²) in [5, 5.41) is 0. The van der Waals surface area contributed by atoms with Gasteiger partial charge in [-0.1, -0.05) is 12.2 Å². The number of carbonyl (C=O) groups excluding carboxylic acids is 1. The van der Waals surface area contributed by atoms with Crippen molar-refractivity contribution in [2.24, 2.45) is 0 Å². The summed E-state index contributed by atoms with van der Waals surface area (Å²) >= 11 is 0. The van der Waals surface area contributed by atoms with Gasteiger partial charge in [0.2, 0.25) is 5.91 Å². The highest BCUT2D eigenvalue weighted by Crippen LogP contribution is 2.00. The van der Waals surface area contributed by atoms with Crippen molar-refractivity contribution < 1.29 is 4.79 Å². The maximum absolute atomic E-state index is 11.3. The smallest absolute Gasteiger partial charge is 0.236 e. The number of rotatable bonds is 2. The maximum atomic E-state index is 11.3. The van der Waals surface area contributed by atoms with Crippen LogP contribution < -0.4 is 0 Å². The minimum absolute atomic E-state index is 0.185. The molecule has 12 heavy (non-hydrogen) atoms. The lowest BCUT2D eigenvalue weighted by atomic mass is 10.2. The van der Waals surface area contributed by atoms with E-state index in [-0.39, 0.29) is 5.91 Å². The standard InChI is InChI=1S/C9H16N2O/c1-10(2)9(12)8-11-6-4-3-5-7-11/h3-4H,5-8H2,1-2H3. The van der Waals surface area contributed by atoms with Crippen molar-refractivity contribution in [2.75, 3.05) is 33.7 Å². The van der Waals surface area contributed by atoms with Gasteiger partial charge in [0.1, 0.15) is 0 Å². The zero-order valence-corrected chi connectivity index (χ0v) is 7.79. The molecule has 0 spiro atoms. The molecular weight excluding hydrogens is 152 g/mol. The van der Waals surface area contributed by atoms with Crippen molar-refractivity contribution in [1.29, 1.82) is 0 Å². The quantitative estimate of drug-likeness (QED) is 0.555. The molecule has 1 rings (SSSR count). The van der Waals surface area contributed by atoms with Crippen LogP contribution in [0.25, 0.3) is 0 Å². The van der Waals surface area contributed by atoms with Crippen molar-refractivity contribution in [3.05, 3.63) is 12.2 Å². The van der Waals surface area contributed by atoms with Gasteiger partial charge in [-0.05, 0) is 6.42 Å². The predicted octanol–water partition coefficient (Wildman–Crippen LogP) is 0.337. The summed E-state index contributed by atoms with van der Waals surface area (Å²) in [6.07, 6.45) is 5.35. The minimum Gasteiger partial charge on any atom is -0.348 e. The first-order valence-corrected chi connectivity index (χ1v) is 4.27. The van der Waals surface area contributed by atoms with Gasteiger partial charge < -0.3 is 4.90 Å². The Morgan fingerprint density at radius 1 is 1.50 bits per heavy atom. The van der Waals surface area contributed by atoms with Gasteiger partial charge >= 0.3 is 0 Å². The van der Waals surface area contributed by atoms with Crippen LogP contribution in [-0.2, 0) is 4.79 Å². The Bertz CT molecular complexity index is 187. The Morgan fingerprint density at radius 2 is 2.25 bits per heavy atom. The predicted molar refractivity (Wildman–Crippen MR) is 48.9 cm³/mol. The molecule has 0 saturated carbocycles. The number of amides is 1. The SMILES string of the molecule is CN(C)C(=O)CN1CC=CCC1.